The molecule has 18 heavy (non-hydrogen) atoms. The number of aliphatic hydroxyl groups is 1. The van der Waals surface area contributed by atoms with E-state index in [-0.39, 0.29) is 6.61 Å². The summed E-state index contributed by atoms with van der Waals surface area (Å²) < 4.78 is 0. The van der Waals surface area contributed by atoms with Crippen molar-refractivity contribution in [2.75, 3.05) is 13.2 Å². The quantitative estimate of drug-likeness (QED) is 0.418. The smallest absolute Gasteiger partial charge is 0.0822 e. The summed E-state index contributed by atoms with van der Waals surface area (Å²) >= 11 is 0. The summed E-state index contributed by atoms with van der Waals surface area (Å²) in [7, 11) is 0. The third-order valence-corrected chi connectivity index (χ3v) is 3.55. The van der Waals surface area contributed by atoms with E-state index >= 15 is 0 Å². The maximum atomic E-state index is 10.2. The molecule has 109 valence electrons. The van der Waals surface area contributed by atoms with Gasteiger partial charge in [-0.05, 0) is 12.8 Å². The Morgan fingerprint density at radius 1 is 0.444 bits per heavy atom. The van der Waals surface area contributed by atoms with Crippen LogP contribution in [0, 0.1) is 0 Å². The highest BCUT2D eigenvalue weighted by Gasteiger charge is 1.94. The van der Waals surface area contributed by atoms with E-state index in [1.165, 1.54) is 70.6 Å². The van der Waals surface area contributed by atoms with Crippen LogP contribution in [0.2, 0.25) is 0 Å². The standard InChI is InChI=1S/C16H33O2/c17-15-13-11-9-7-5-3-1-2-4-6-8-10-12-14-16-18/h17H,1-16H2. The highest BCUT2D eigenvalue weighted by atomic mass is 16.3. The zero-order valence-electron chi connectivity index (χ0n) is 12.2. The van der Waals surface area contributed by atoms with Crippen LogP contribution in [0.5, 0.6) is 0 Å². The van der Waals surface area contributed by atoms with Gasteiger partial charge in [0.25, 0.3) is 0 Å². The predicted molar refractivity (Wildman–Crippen MR) is 77.3 cm³/mol. The van der Waals surface area contributed by atoms with E-state index in [9.17, 15) is 5.11 Å². The molecular weight excluding hydrogens is 224 g/mol. The van der Waals surface area contributed by atoms with E-state index in [0.717, 1.165) is 19.3 Å². The van der Waals surface area contributed by atoms with Gasteiger partial charge in [-0.1, -0.05) is 77.0 Å². The fraction of sp³-hybridized carbons (Fsp3) is 1.00. The molecular formula is C16H33O2. The summed E-state index contributed by atoms with van der Waals surface area (Å²) in [6.45, 7) is 0.465. The van der Waals surface area contributed by atoms with Crippen LogP contribution in [-0.2, 0) is 5.11 Å². The second-order valence-electron chi connectivity index (χ2n) is 5.38. The summed E-state index contributed by atoms with van der Waals surface area (Å²) in [5.41, 5.74) is 0. The Balaban J connectivity index is 2.86. The molecule has 0 spiro atoms. The summed E-state index contributed by atoms with van der Waals surface area (Å²) in [5, 5.41) is 18.9. The SMILES string of the molecule is [O]CCCCCCCCCCCCCCCCO. The van der Waals surface area contributed by atoms with Crippen LogP contribution in [-0.4, -0.2) is 18.3 Å². The van der Waals surface area contributed by atoms with Gasteiger partial charge in [0.15, 0.2) is 0 Å². The van der Waals surface area contributed by atoms with Crippen molar-refractivity contribution in [2.45, 2.75) is 89.9 Å². The fourth-order valence-corrected chi connectivity index (χ4v) is 2.34. The summed E-state index contributed by atoms with van der Waals surface area (Å²) in [6, 6.07) is 0. The molecule has 0 bridgehead atoms. The molecule has 0 fully saturated rings. The Kier molecular flexibility index (Phi) is 16.8. The van der Waals surface area contributed by atoms with Crippen LogP contribution < -0.4 is 0 Å². The number of aliphatic hydroxyl groups excluding tert-OH is 1. The molecule has 0 saturated carbocycles. The van der Waals surface area contributed by atoms with Crippen LogP contribution in [0.1, 0.15) is 89.9 Å². The number of unbranched alkanes of at least 4 members (excludes halogenated alkanes) is 13. The molecule has 1 radical (unpaired) electrons. The molecule has 1 N–H and O–H groups in total. The zero-order valence-corrected chi connectivity index (χ0v) is 12.2. The van der Waals surface area contributed by atoms with E-state index in [1.807, 2.05) is 0 Å². The van der Waals surface area contributed by atoms with Crippen molar-refractivity contribution in [3.63, 3.8) is 0 Å². The number of hydrogen-bond donors (Lipinski definition) is 1. The molecule has 0 unspecified atom stereocenters. The number of hydrogen-bond acceptors (Lipinski definition) is 1. The van der Waals surface area contributed by atoms with Gasteiger partial charge in [-0.15, -0.1) is 0 Å². The van der Waals surface area contributed by atoms with E-state index in [1.54, 1.807) is 0 Å². The van der Waals surface area contributed by atoms with Crippen LogP contribution in [0.25, 0.3) is 0 Å². The van der Waals surface area contributed by atoms with Gasteiger partial charge in [0.2, 0.25) is 0 Å². The van der Waals surface area contributed by atoms with Crippen molar-refractivity contribution in [3.05, 3.63) is 0 Å². The monoisotopic (exact) mass is 257 g/mol. The van der Waals surface area contributed by atoms with E-state index in [2.05, 4.69) is 0 Å². The maximum absolute atomic E-state index is 10.2. The number of rotatable bonds is 15. The van der Waals surface area contributed by atoms with Gasteiger partial charge >= 0.3 is 0 Å². The Morgan fingerprint density at radius 2 is 0.722 bits per heavy atom. The highest BCUT2D eigenvalue weighted by molar-refractivity contribution is 4.49. The van der Waals surface area contributed by atoms with E-state index < -0.39 is 0 Å². The molecule has 0 atom stereocenters. The lowest BCUT2D eigenvalue weighted by molar-refractivity contribution is 0.186. The predicted octanol–water partition coefficient (Wildman–Crippen LogP) is 4.87. The van der Waals surface area contributed by atoms with Gasteiger partial charge < -0.3 is 5.11 Å². The van der Waals surface area contributed by atoms with E-state index in [4.69, 9.17) is 5.11 Å². The Bertz CT molecular complexity index is 121. The first kappa shape index (κ1) is 17.9. The average Bonchev–Trinajstić information content (AvgIpc) is 2.39. The topological polar surface area (TPSA) is 40.1 Å². The Morgan fingerprint density at radius 3 is 1.00 bits per heavy atom. The molecule has 0 aliphatic rings. The first-order chi connectivity index (χ1) is 8.91. The van der Waals surface area contributed by atoms with Gasteiger partial charge in [0.05, 0.1) is 6.61 Å². The largest absolute Gasteiger partial charge is 0.396 e. The average molecular weight is 257 g/mol. The highest BCUT2D eigenvalue weighted by Crippen LogP contribution is 2.12. The molecule has 0 aliphatic heterocycles. The van der Waals surface area contributed by atoms with Gasteiger partial charge in [0, 0.05) is 6.61 Å². The summed E-state index contributed by atoms with van der Waals surface area (Å²) in [5.74, 6) is 0. The van der Waals surface area contributed by atoms with Crippen LogP contribution in [0.3, 0.4) is 0 Å². The molecule has 0 rings (SSSR count). The van der Waals surface area contributed by atoms with Crippen molar-refractivity contribution in [1.29, 1.82) is 0 Å². The lowest BCUT2D eigenvalue weighted by Gasteiger charge is -2.02. The molecule has 0 aromatic heterocycles. The molecule has 0 amide bonds. The van der Waals surface area contributed by atoms with Crippen molar-refractivity contribution in [2.24, 2.45) is 0 Å². The first-order valence-electron chi connectivity index (χ1n) is 8.10. The molecule has 0 saturated heterocycles. The molecule has 2 heteroatoms. The zero-order chi connectivity index (χ0) is 13.3. The van der Waals surface area contributed by atoms with Crippen molar-refractivity contribution in [1.82, 2.24) is 0 Å². The summed E-state index contributed by atoms with van der Waals surface area (Å²) in [4.78, 5) is 0. The molecule has 0 aromatic carbocycles. The Hall–Kier alpha value is -0.0800. The minimum atomic E-state index is 0.109. The summed E-state index contributed by atoms with van der Waals surface area (Å²) in [6.07, 6.45) is 17.7. The van der Waals surface area contributed by atoms with Gasteiger partial charge in [-0.2, -0.15) is 0 Å². The minimum absolute atomic E-state index is 0.109. The molecule has 0 aromatic rings. The molecule has 2 nitrogen and oxygen atoms in total. The molecule has 0 heterocycles. The normalized spacial score (nSPS) is 11.0. The second kappa shape index (κ2) is 16.9. The van der Waals surface area contributed by atoms with Crippen molar-refractivity contribution in [3.8, 4) is 0 Å². The third kappa shape index (κ3) is 15.9. The van der Waals surface area contributed by atoms with Crippen LogP contribution in [0.4, 0.5) is 0 Å². The lowest BCUT2D eigenvalue weighted by Crippen LogP contribution is -1.85. The minimum Gasteiger partial charge on any atom is -0.396 e. The van der Waals surface area contributed by atoms with Gasteiger partial charge in [-0.3, -0.25) is 0 Å². The molecule has 0 aliphatic carbocycles. The first-order valence-corrected chi connectivity index (χ1v) is 8.10. The third-order valence-electron chi connectivity index (χ3n) is 3.55. The lowest BCUT2D eigenvalue weighted by atomic mass is 10.0. The van der Waals surface area contributed by atoms with Gasteiger partial charge in [-0.25, -0.2) is 5.11 Å². The van der Waals surface area contributed by atoms with Crippen LogP contribution in [0.15, 0.2) is 0 Å². The maximum Gasteiger partial charge on any atom is 0.0822 e. The van der Waals surface area contributed by atoms with Crippen LogP contribution >= 0.6 is 0 Å². The fourth-order valence-electron chi connectivity index (χ4n) is 2.34. The van der Waals surface area contributed by atoms with Crippen molar-refractivity contribution >= 4 is 0 Å². The van der Waals surface area contributed by atoms with Crippen molar-refractivity contribution < 1.29 is 10.2 Å². The van der Waals surface area contributed by atoms with Gasteiger partial charge in [0.1, 0.15) is 0 Å². The van der Waals surface area contributed by atoms with E-state index in [0.29, 0.717) is 6.61 Å². The Labute approximate surface area is 114 Å². The second-order valence-corrected chi connectivity index (χ2v) is 5.38.